The van der Waals surface area contributed by atoms with Gasteiger partial charge in [-0.3, -0.25) is 4.79 Å². The van der Waals surface area contributed by atoms with Gasteiger partial charge in [0.25, 0.3) is 0 Å². The highest BCUT2D eigenvalue weighted by Crippen LogP contribution is 2.24. The molecule has 1 rings (SSSR count). The van der Waals surface area contributed by atoms with Crippen LogP contribution < -0.4 is 0 Å². The lowest BCUT2D eigenvalue weighted by Gasteiger charge is -2.13. The van der Waals surface area contributed by atoms with E-state index in [1.807, 2.05) is 0 Å². The highest BCUT2D eigenvalue weighted by Gasteiger charge is 2.18. The number of carbonyl (C=O) groups excluding carboxylic acids is 1. The number of hydrogen-bond acceptors (Lipinski definition) is 5. The summed E-state index contributed by atoms with van der Waals surface area (Å²) in [4.78, 5) is 11.6. The smallest absolute Gasteiger partial charge is 0.169 e. The van der Waals surface area contributed by atoms with Crippen LogP contribution in [0.2, 0.25) is 0 Å². The molecular formula is C9H12O3S2. The molecule has 14 heavy (non-hydrogen) atoms. The van der Waals surface area contributed by atoms with Crippen LogP contribution in [-0.4, -0.2) is 27.9 Å². The Morgan fingerprint density at radius 1 is 1.64 bits per heavy atom. The van der Waals surface area contributed by atoms with Crippen molar-refractivity contribution in [2.75, 3.05) is 5.75 Å². The van der Waals surface area contributed by atoms with Gasteiger partial charge in [0.1, 0.15) is 6.10 Å². The molecule has 0 aromatic carbocycles. The molecule has 0 spiro atoms. The molecule has 0 aliphatic carbocycles. The molecule has 0 amide bonds. The molecule has 5 heteroatoms. The molecule has 0 radical (unpaired) electrons. The molecule has 1 aromatic rings. The zero-order valence-electron chi connectivity index (χ0n) is 7.67. The zero-order valence-corrected chi connectivity index (χ0v) is 9.39. The average Bonchev–Trinajstić information content (AvgIpc) is 2.64. The minimum Gasteiger partial charge on any atom is -0.389 e. The largest absolute Gasteiger partial charge is 0.389 e. The fourth-order valence-corrected chi connectivity index (χ4v) is 2.05. The lowest BCUT2D eigenvalue weighted by Crippen LogP contribution is -2.19. The number of rotatable bonds is 4. The molecule has 0 aliphatic rings. The molecule has 0 fully saturated rings. The van der Waals surface area contributed by atoms with E-state index in [1.54, 1.807) is 11.4 Å². The van der Waals surface area contributed by atoms with E-state index in [0.29, 0.717) is 10.4 Å². The Hall–Kier alpha value is -0.360. The molecule has 1 aromatic heterocycles. The fraction of sp³-hybridized carbons (Fsp3) is 0.444. The summed E-state index contributed by atoms with van der Waals surface area (Å²) in [6.07, 6.45) is -1.86. The van der Waals surface area contributed by atoms with Gasteiger partial charge < -0.3 is 10.2 Å². The van der Waals surface area contributed by atoms with Gasteiger partial charge in [-0.05, 0) is 23.9 Å². The summed E-state index contributed by atoms with van der Waals surface area (Å²) in [7, 11) is 0. The Labute approximate surface area is 91.8 Å². The summed E-state index contributed by atoms with van der Waals surface area (Å²) < 4.78 is 0. The van der Waals surface area contributed by atoms with E-state index in [-0.39, 0.29) is 11.5 Å². The molecule has 0 saturated heterocycles. The van der Waals surface area contributed by atoms with E-state index < -0.39 is 12.2 Å². The predicted octanol–water partition coefficient (Wildman–Crippen LogP) is 1.27. The maximum Gasteiger partial charge on any atom is 0.169 e. The second kappa shape index (κ2) is 4.93. The molecule has 78 valence electrons. The third-order valence-corrected chi connectivity index (χ3v) is 3.28. The topological polar surface area (TPSA) is 57.5 Å². The molecule has 0 aliphatic heterocycles. The molecule has 2 atom stereocenters. The number of aliphatic hydroxyl groups is 2. The van der Waals surface area contributed by atoms with Crippen molar-refractivity contribution in [1.82, 2.24) is 0 Å². The van der Waals surface area contributed by atoms with Gasteiger partial charge in [-0.25, -0.2) is 0 Å². The number of thiophene rings is 1. The molecule has 2 unspecified atom stereocenters. The van der Waals surface area contributed by atoms with Crippen LogP contribution in [0.1, 0.15) is 28.3 Å². The lowest BCUT2D eigenvalue weighted by molar-refractivity contribution is 0.0340. The maximum atomic E-state index is 11.0. The summed E-state index contributed by atoms with van der Waals surface area (Å²) in [5.74, 6) is 0.153. The summed E-state index contributed by atoms with van der Waals surface area (Å²) >= 11 is 5.15. The normalized spacial score (nSPS) is 15.1. The minimum atomic E-state index is -0.961. The van der Waals surface area contributed by atoms with E-state index in [4.69, 9.17) is 0 Å². The van der Waals surface area contributed by atoms with E-state index in [2.05, 4.69) is 12.6 Å². The first kappa shape index (κ1) is 11.7. The van der Waals surface area contributed by atoms with Crippen LogP contribution in [0.3, 0.4) is 0 Å². The third-order valence-electron chi connectivity index (χ3n) is 1.86. The number of thiol groups is 1. The standard InChI is InChI=1S/C9H12O3S2/c1-5(10)8-2-6(4-14-8)9(12)7(11)3-13/h2,4,7,9,11-13H,3H2,1H3. The Morgan fingerprint density at radius 2 is 2.29 bits per heavy atom. The van der Waals surface area contributed by atoms with Gasteiger partial charge in [0.15, 0.2) is 5.78 Å². The van der Waals surface area contributed by atoms with Crippen LogP contribution in [0, 0.1) is 0 Å². The number of Topliss-reactive ketones (excluding diaryl/α,β-unsaturated/α-hetero) is 1. The highest BCUT2D eigenvalue weighted by molar-refractivity contribution is 7.80. The van der Waals surface area contributed by atoms with Gasteiger partial charge in [0, 0.05) is 5.75 Å². The van der Waals surface area contributed by atoms with E-state index in [9.17, 15) is 15.0 Å². The van der Waals surface area contributed by atoms with Gasteiger partial charge in [-0.2, -0.15) is 12.6 Å². The van der Waals surface area contributed by atoms with Gasteiger partial charge >= 0.3 is 0 Å². The van der Waals surface area contributed by atoms with Crippen molar-refractivity contribution in [3.05, 3.63) is 21.9 Å². The first-order chi connectivity index (χ1) is 6.56. The summed E-state index contributed by atoms with van der Waals surface area (Å²) in [6, 6.07) is 1.60. The van der Waals surface area contributed by atoms with Crippen LogP contribution in [0.15, 0.2) is 11.4 Å². The molecule has 2 N–H and O–H groups in total. The van der Waals surface area contributed by atoms with Crippen LogP contribution in [-0.2, 0) is 0 Å². The van der Waals surface area contributed by atoms with Gasteiger partial charge in [-0.1, -0.05) is 0 Å². The van der Waals surface area contributed by atoms with Gasteiger partial charge in [-0.15, -0.1) is 11.3 Å². The quantitative estimate of drug-likeness (QED) is 0.541. The second-order valence-corrected chi connectivity index (χ2v) is 4.27. The van der Waals surface area contributed by atoms with E-state index in [1.165, 1.54) is 18.3 Å². The molecule has 1 heterocycles. The first-order valence-electron chi connectivity index (χ1n) is 4.12. The predicted molar refractivity (Wildman–Crippen MR) is 59.1 cm³/mol. The molecular weight excluding hydrogens is 220 g/mol. The SMILES string of the molecule is CC(=O)c1cc(C(O)C(O)CS)cs1. The van der Waals surface area contributed by atoms with E-state index >= 15 is 0 Å². The number of hydrogen-bond donors (Lipinski definition) is 3. The number of carbonyl (C=O) groups is 1. The monoisotopic (exact) mass is 232 g/mol. The Kier molecular flexibility index (Phi) is 4.12. The van der Waals surface area contributed by atoms with Crippen molar-refractivity contribution < 1.29 is 15.0 Å². The van der Waals surface area contributed by atoms with E-state index in [0.717, 1.165) is 0 Å². The summed E-state index contributed by atoms with van der Waals surface area (Å²) in [6.45, 7) is 1.47. The Balaban J connectivity index is 2.81. The van der Waals surface area contributed by atoms with Crippen molar-refractivity contribution >= 4 is 29.7 Å². The second-order valence-electron chi connectivity index (χ2n) is 3.00. The highest BCUT2D eigenvalue weighted by atomic mass is 32.1. The van der Waals surface area contributed by atoms with Crippen molar-refractivity contribution in [2.45, 2.75) is 19.1 Å². The van der Waals surface area contributed by atoms with Crippen molar-refractivity contribution in [3.63, 3.8) is 0 Å². The third kappa shape index (κ3) is 2.57. The van der Waals surface area contributed by atoms with Crippen LogP contribution in [0.4, 0.5) is 0 Å². The molecule has 3 nitrogen and oxygen atoms in total. The Bertz CT molecular complexity index is 322. The summed E-state index contributed by atoms with van der Waals surface area (Å²) in [5.41, 5.74) is 0.571. The number of ketones is 1. The lowest BCUT2D eigenvalue weighted by atomic mass is 10.1. The van der Waals surface area contributed by atoms with Crippen molar-refractivity contribution in [1.29, 1.82) is 0 Å². The summed E-state index contributed by atoms with van der Waals surface area (Å²) in [5, 5.41) is 20.6. The van der Waals surface area contributed by atoms with Crippen molar-refractivity contribution in [2.24, 2.45) is 0 Å². The first-order valence-corrected chi connectivity index (χ1v) is 5.63. The molecule has 0 saturated carbocycles. The van der Waals surface area contributed by atoms with Gasteiger partial charge in [0.2, 0.25) is 0 Å². The fourth-order valence-electron chi connectivity index (χ4n) is 1.01. The maximum absolute atomic E-state index is 11.0. The van der Waals surface area contributed by atoms with Crippen LogP contribution >= 0.6 is 24.0 Å². The van der Waals surface area contributed by atoms with Crippen molar-refractivity contribution in [3.8, 4) is 0 Å². The van der Waals surface area contributed by atoms with Gasteiger partial charge in [0.05, 0.1) is 11.0 Å². The number of aliphatic hydroxyl groups excluding tert-OH is 2. The zero-order chi connectivity index (χ0) is 10.7. The minimum absolute atomic E-state index is 0.0335. The Morgan fingerprint density at radius 3 is 2.71 bits per heavy atom. The van der Waals surface area contributed by atoms with Crippen LogP contribution in [0.25, 0.3) is 0 Å². The average molecular weight is 232 g/mol. The molecule has 0 bridgehead atoms. The van der Waals surface area contributed by atoms with Crippen LogP contribution in [0.5, 0.6) is 0 Å².